The van der Waals surface area contributed by atoms with Crippen molar-refractivity contribution in [3.63, 3.8) is 0 Å². The molecule has 1 aliphatic heterocycles. The van der Waals surface area contributed by atoms with Crippen LogP contribution in [0.3, 0.4) is 0 Å². The van der Waals surface area contributed by atoms with Gasteiger partial charge >= 0.3 is 0 Å². The van der Waals surface area contributed by atoms with Gasteiger partial charge in [0.2, 0.25) is 0 Å². The smallest absolute Gasteiger partial charge is 0.123 e. The van der Waals surface area contributed by atoms with Crippen molar-refractivity contribution in [3.05, 3.63) is 29.8 Å². The fourth-order valence-corrected chi connectivity index (χ4v) is 3.17. The Morgan fingerprint density at radius 2 is 1.81 bits per heavy atom. The Hall–Kier alpha value is -1.10. The van der Waals surface area contributed by atoms with E-state index >= 15 is 0 Å². The van der Waals surface area contributed by atoms with E-state index in [9.17, 15) is 0 Å². The van der Waals surface area contributed by atoms with Crippen molar-refractivity contribution >= 4 is 0 Å². The molecular weight excluding hydrogens is 262 g/mol. The maximum atomic E-state index is 6.39. The average molecular weight is 289 g/mol. The molecule has 1 atom stereocenters. The van der Waals surface area contributed by atoms with E-state index in [1.165, 1.54) is 32.5 Å². The Morgan fingerprint density at radius 1 is 1.14 bits per heavy atom. The quantitative estimate of drug-likeness (QED) is 0.866. The van der Waals surface area contributed by atoms with Crippen LogP contribution in [0.5, 0.6) is 5.75 Å². The molecule has 0 aromatic heterocycles. The van der Waals surface area contributed by atoms with Gasteiger partial charge < -0.3 is 15.4 Å². The number of rotatable bonds is 6. The van der Waals surface area contributed by atoms with Gasteiger partial charge in [0.15, 0.2) is 0 Å². The number of hydrogen-bond donors (Lipinski definition) is 1. The molecule has 0 spiro atoms. The largest absolute Gasteiger partial charge is 0.496 e. The fourth-order valence-electron chi connectivity index (χ4n) is 3.17. The van der Waals surface area contributed by atoms with Crippen LogP contribution in [-0.2, 0) is 0 Å². The number of para-hydroxylation sites is 1. The number of methoxy groups -OCH3 is 1. The van der Waals surface area contributed by atoms with Gasteiger partial charge in [0.1, 0.15) is 5.75 Å². The monoisotopic (exact) mass is 289 g/mol. The molecule has 2 fully saturated rings. The summed E-state index contributed by atoms with van der Waals surface area (Å²) in [5.74, 6) is 1.89. The molecule has 2 N–H and O–H groups in total. The van der Waals surface area contributed by atoms with E-state index < -0.39 is 0 Å². The van der Waals surface area contributed by atoms with Crippen molar-refractivity contribution in [3.8, 4) is 5.75 Å². The first-order chi connectivity index (χ1) is 10.3. The summed E-state index contributed by atoms with van der Waals surface area (Å²) in [7, 11) is 1.71. The SMILES string of the molecule is COc1ccccc1C(N)CN1CCN(CC2CC2)CC1. The van der Waals surface area contributed by atoms with Gasteiger partial charge in [-0.2, -0.15) is 0 Å². The first-order valence-electron chi connectivity index (χ1n) is 8.09. The molecule has 21 heavy (non-hydrogen) atoms. The third-order valence-electron chi connectivity index (χ3n) is 4.67. The average Bonchev–Trinajstić information content (AvgIpc) is 3.33. The van der Waals surface area contributed by atoms with Crippen LogP contribution in [0.4, 0.5) is 0 Å². The van der Waals surface area contributed by atoms with Gasteiger partial charge in [-0.05, 0) is 24.8 Å². The summed E-state index contributed by atoms with van der Waals surface area (Å²) in [5, 5.41) is 0. The van der Waals surface area contributed by atoms with Gasteiger partial charge in [-0.1, -0.05) is 18.2 Å². The molecule has 4 heteroatoms. The van der Waals surface area contributed by atoms with E-state index in [0.29, 0.717) is 0 Å². The molecule has 0 amide bonds. The highest BCUT2D eigenvalue weighted by molar-refractivity contribution is 5.35. The summed E-state index contributed by atoms with van der Waals surface area (Å²) < 4.78 is 5.42. The lowest BCUT2D eigenvalue weighted by molar-refractivity contribution is 0.123. The maximum Gasteiger partial charge on any atom is 0.123 e. The Kier molecular flexibility index (Phi) is 4.78. The van der Waals surface area contributed by atoms with Crippen molar-refractivity contribution in [2.45, 2.75) is 18.9 Å². The van der Waals surface area contributed by atoms with E-state index in [4.69, 9.17) is 10.5 Å². The maximum absolute atomic E-state index is 6.39. The highest BCUT2D eigenvalue weighted by Gasteiger charge is 2.27. The molecule has 1 heterocycles. The number of nitrogens with two attached hydrogens (primary N) is 1. The standard InChI is InChI=1S/C17H27N3O/c1-21-17-5-3-2-4-15(17)16(18)13-20-10-8-19(9-11-20)12-14-6-7-14/h2-5,14,16H,6-13,18H2,1H3. The highest BCUT2D eigenvalue weighted by Crippen LogP contribution is 2.30. The summed E-state index contributed by atoms with van der Waals surface area (Å²) in [5.41, 5.74) is 7.50. The van der Waals surface area contributed by atoms with Gasteiger partial charge in [0, 0.05) is 50.9 Å². The number of benzene rings is 1. The van der Waals surface area contributed by atoms with Crippen LogP contribution in [-0.4, -0.2) is 56.2 Å². The Bertz CT molecular complexity index is 453. The third-order valence-corrected chi connectivity index (χ3v) is 4.67. The van der Waals surface area contributed by atoms with E-state index in [-0.39, 0.29) is 6.04 Å². The number of ether oxygens (including phenoxy) is 1. The van der Waals surface area contributed by atoms with E-state index in [2.05, 4.69) is 15.9 Å². The highest BCUT2D eigenvalue weighted by atomic mass is 16.5. The first-order valence-corrected chi connectivity index (χ1v) is 8.09. The molecule has 116 valence electrons. The minimum atomic E-state index is 0.0242. The Labute approximate surface area is 127 Å². The van der Waals surface area contributed by atoms with Gasteiger partial charge in [-0.15, -0.1) is 0 Å². The molecule has 0 radical (unpaired) electrons. The van der Waals surface area contributed by atoms with Crippen molar-refractivity contribution < 1.29 is 4.74 Å². The lowest BCUT2D eigenvalue weighted by Crippen LogP contribution is -2.48. The van der Waals surface area contributed by atoms with Gasteiger partial charge in [0.25, 0.3) is 0 Å². The number of nitrogens with zero attached hydrogens (tertiary/aromatic N) is 2. The molecule has 0 bridgehead atoms. The second-order valence-electron chi connectivity index (χ2n) is 6.39. The molecule has 1 saturated heterocycles. The van der Waals surface area contributed by atoms with E-state index in [0.717, 1.165) is 36.9 Å². The fraction of sp³-hybridized carbons (Fsp3) is 0.647. The molecule has 1 aromatic carbocycles. The lowest BCUT2D eigenvalue weighted by Gasteiger charge is -2.36. The topological polar surface area (TPSA) is 41.7 Å². The zero-order chi connectivity index (χ0) is 14.7. The van der Waals surface area contributed by atoms with Crippen LogP contribution in [0.15, 0.2) is 24.3 Å². The summed E-state index contributed by atoms with van der Waals surface area (Å²) >= 11 is 0. The molecular formula is C17H27N3O. The van der Waals surface area contributed by atoms with Crippen molar-refractivity contribution in [1.29, 1.82) is 0 Å². The zero-order valence-electron chi connectivity index (χ0n) is 13.0. The van der Waals surface area contributed by atoms with Crippen LogP contribution in [0.1, 0.15) is 24.4 Å². The normalized spacial score (nSPS) is 22.2. The predicted molar refractivity (Wildman–Crippen MR) is 85.5 cm³/mol. The first kappa shape index (κ1) is 14.8. The van der Waals surface area contributed by atoms with Gasteiger partial charge in [-0.3, -0.25) is 4.90 Å². The molecule has 1 aromatic rings. The predicted octanol–water partition coefficient (Wildman–Crippen LogP) is 1.72. The molecule has 1 aliphatic carbocycles. The zero-order valence-corrected chi connectivity index (χ0v) is 13.0. The molecule has 3 rings (SSSR count). The molecule has 1 saturated carbocycles. The minimum Gasteiger partial charge on any atom is -0.496 e. The van der Waals surface area contributed by atoms with Crippen LogP contribution in [0, 0.1) is 5.92 Å². The van der Waals surface area contributed by atoms with Gasteiger partial charge in [-0.25, -0.2) is 0 Å². The Morgan fingerprint density at radius 3 is 2.48 bits per heavy atom. The van der Waals surface area contributed by atoms with Gasteiger partial charge in [0.05, 0.1) is 7.11 Å². The summed E-state index contributed by atoms with van der Waals surface area (Å²) in [6.07, 6.45) is 2.89. The summed E-state index contributed by atoms with van der Waals surface area (Å²) in [4.78, 5) is 5.10. The second-order valence-corrected chi connectivity index (χ2v) is 6.39. The van der Waals surface area contributed by atoms with Crippen LogP contribution >= 0.6 is 0 Å². The van der Waals surface area contributed by atoms with E-state index in [1.807, 2.05) is 18.2 Å². The van der Waals surface area contributed by atoms with Crippen molar-refractivity contribution in [1.82, 2.24) is 9.80 Å². The Balaban J connectivity index is 1.50. The van der Waals surface area contributed by atoms with Crippen LogP contribution in [0.25, 0.3) is 0 Å². The second kappa shape index (κ2) is 6.77. The molecule has 4 nitrogen and oxygen atoms in total. The van der Waals surface area contributed by atoms with E-state index in [1.54, 1.807) is 7.11 Å². The third kappa shape index (κ3) is 3.96. The number of hydrogen-bond acceptors (Lipinski definition) is 4. The van der Waals surface area contributed by atoms with Crippen molar-refractivity contribution in [2.24, 2.45) is 11.7 Å². The van der Waals surface area contributed by atoms with Crippen molar-refractivity contribution in [2.75, 3.05) is 46.4 Å². The molecule has 2 aliphatic rings. The number of piperazine rings is 1. The minimum absolute atomic E-state index is 0.0242. The van der Waals surface area contributed by atoms with Crippen LogP contribution in [0.2, 0.25) is 0 Å². The summed E-state index contributed by atoms with van der Waals surface area (Å²) in [6, 6.07) is 8.11. The summed E-state index contributed by atoms with van der Waals surface area (Å²) in [6.45, 7) is 6.87. The lowest BCUT2D eigenvalue weighted by atomic mass is 10.1. The molecule has 1 unspecified atom stereocenters. The van der Waals surface area contributed by atoms with Crippen LogP contribution < -0.4 is 10.5 Å².